The van der Waals surface area contributed by atoms with Crippen LogP contribution in [0.25, 0.3) is 0 Å². The number of nitrogens with zero attached hydrogens (tertiary/aromatic N) is 1. The molecule has 10 nitrogen and oxygen atoms in total. The lowest BCUT2D eigenvalue weighted by atomic mass is 9.85. The van der Waals surface area contributed by atoms with E-state index in [-0.39, 0.29) is 19.4 Å². The number of halogens is 6. The van der Waals surface area contributed by atoms with Gasteiger partial charge in [0.15, 0.2) is 0 Å². The third-order valence-corrected chi connectivity index (χ3v) is 8.63. The minimum Gasteiger partial charge on any atom is -0.356 e. The minimum atomic E-state index is -5.33. The quantitative estimate of drug-likeness (QED) is 0.349. The number of hydrogen-bond acceptors (Lipinski definition) is 6. The highest BCUT2D eigenvalue weighted by molar-refractivity contribution is 7.94. The third-order valence-electron chi connectivity index (χ3n) is 7.79. The van der Waals surface area contributed by atoms with Crippen molar-refractivity contribution in [1.29, 1.82) is 0 Å². The van der Waals surface area contributed by atoms with Crippen molar-refractivity contribution in [2.45, 2.75) is 76.7 Å². The van der Waals surface area contributed by atoms with Crippen molar-refractivity contribution >= 4 is 33.5 Å². The number of alkyl halides is 5. The Kier molecular flexibility index (Phi) is 9.36. The molecule has 3 fully saturated rings. The molecule has 0 spiro atoms. The van der Waals surface area contributed by atoms with E-state index in [9.17, 15) is 53.9 Å². The average Bonchev–Trinajstić information content (AvgIpc) is 3.45. The molecule has 0 bridgehead atoms. The van der Waals surface area contributed by atoms with Crippen molar-refractivity contribution in [3.8, 4) is 0 Å². The van der Waals surface area contributed by atoms with Gasteiger partial charge in [0.25, 0.3) is 0 Å². The van der Waals surface area contributed by atoms with Crippen LogP contribution in [0, 0.1) is 23.2 Å². The Morgan fingerprint density at radius 3 is 2.26 bits per heavy atom. The number of fused-ring (bicyclic) bond motifs is 1. The third kappa shape index (κ3) is 7.75. The van der Waals surface area contributed by atoms with Crippen molar-refractivity contribution in [2.75, 3.05) is 19.3 Å². The number of nitrogens with one attached hydrogen (secondary N) is 3. The summed E-state index contributed by atoms with van der Waals surface area (Å²) in [6.45, 7) is 3.97. The molecule has 2 heterocycles. The standard InChI is InChI=1S/C25H34F6N4O6S/c1-23(2,3)18(34-22(39)25(29,30)31)21(38)35-11-13-9-24(27,28)10-15(13)17(35)20(37)33-14(8-16(26)42(4,40)41)7-12-5-6-32-19(12)36/h8,12-15,17-18H,5-7,9-11H2,1-4H3,(H,32,36)(H,33,37)(H,34,39)/b16-8-/t12-,13+,14-,15+,17-,18+/m1/s1. The van der Waals surface area contributed by atoms with Crippen LogP contribution in [-0.4, -0.2) is 86.5 Å². The molecule has 3 N–H and O–H groups in total. The predicted octanol–water partition coefficient (Wildman–Crippen LogP) is 1.82. The Balaban J connectivity index is 1.97. The summed E-state index contributed by atoms with van der Waals surface area (Å²) >= 11 is 0. The van der Waals surface area contributed by atoms with E-state index in [1.165, 1.54) is 20.8 Å². The highest BCUT2D eigenvalue weighted by Crippen LogP contribution is 2.50. The molecule has 0 radical (unpaired) electrons. The van der Waals surface area contributed by atoms with Crippen LogP contribution in [0.2, 0.25) is 0 Å². The molecule has 0 unspecified atom stereocenters. The average molecular weight is 633 g/mol. The van der Waals surface area contributed by atoms with E-state index in [0.29, 0.717) is 12.3 Å². The minimum absolute atomic E-state index is 0.252. The zero-order valence-corrected chi connectivity index (χ0v) is 24.2. The van der Waals surface area contributed by atoms with Gasteiger partial charge >= 0.3 is 12.1 Å². The van der Waals surface area contributed by atoms with Gasteiger partial charge in [0.1, 0.15) is 12.1 Å². The molecule has 0 aromatic carbocycles. The van der Waals surface area contributed by atoms with E-state index in [1.54, 1.807) is 5.32 Å². The van der Waals surface area contributed by atoms with Crippen molar-refractivity contribution < 1.29 is 53.9 Å². The number of likely N-dealkylation sites (tertiary alicyclic amines) is 1. The van der Waals surface area contributed by atoms with Crippen molar-refractivity contribution in [2.24, 2.45) is 23.2 Å². The maximum atomic E-state index is 14.5. The number of amides is 4. The summed E-state index contributed by atoms with van der Waals surface area (Å²) in [5, 5.41) is 4.95. The van der Waals surface area contributed by atoms with Gasteiger partial charge in [-0.05, 0) is 36.2 Å². The number of sulfone groups is 1. The van der Waals surface area contributed by atoms with Crippen LogP contribution in [0.1, 0.15) is 46.5 Å². The van der Waals surface area contributed by atoms with E-state index in [1.807, 2.05) is 0 Å². The van der Waals surface area contributed by atoms with Gasteiger partial charge in [0.2, 0.25) is 38.6 Å². The van der Waals surface area contributed by atoms with Crippen molar-refractivity contribution in [3.63, 3.8) is 0 Å². The number of carbonyl (C=O) groups is 4. The van der Waals surface area contributed by atoms with Gasteiger partial charge in [0.05, 0.1) is 6.04 Å². The zero-order valence-electron chi connectivity index (χ0n) is 23.4. The molecular formula is C25H34F6N4O6S. The normalized spacial score (nSPS) is 27.7. The van der Waals surface area contributed by atoms with Crippen LogP contribution in [0.15, 0.2) is 11.2 Å². The fraction of sp³-hybridized carbons (Fsp3) is 0.760. The Hall–Kier alpha value is -2.85. The fourth-order valence-corrected chi connectivity index (χ4v) is 6.19. The van der Waals surface area contributed by atoms with Crippen LogP contribution < -0.4 is 16.0 Å². The predicted molar refractivity (Wildman–Crippen MR) is 136 cm³/mol. The molecule has 1 aliphatic carbocycles. The van der Waals surface area contributed by atoms with E-state index < -0.39 is 111 Å². The molecule has 3 rings (SSSR count). The first-order valence-electron chi connectivity index (χ1n) is 13.2. The summed E-state index contributed by atoms with van der Waals surface area (Å²) in [5.41, 5.74) is -1.31. The Morgan fingerprint density at radius 2 is 1.76 bits per heavy atom. The van der Waals surface area contributed by atoms with E-state index in [4.69, 9.17) is 0 Å². The molecule has 238 valence electrons. The maximum absolute atomic E-state index is 14.5. The van der Waals surface area contributed by atoms with Gasteiger partial charge in [-0.25, -0.2) is 17.2 Å². The van der Waals surface area contributed by atoms with Crippen LogP contribution in [0.5, 0.6) is 0 Å². The SMILES string of the molecule is CC(C)(C)[C@@H](NC(=O)C(F)(F)F)C(=O)N1C[C@@H]2CC(F)(F)C[C@@H]2[C@@H]1C(=O)N[C@@H](/C=C(/F)S(C)(=O)=O)C[C@H]1CCNC1=O. The monoisotopic (exact) mass is 632 g/mol. The highest BCUT2D eigenvalue weighted by Gasteiger charge is 2.59. The molecule has 42 heavy (non-hydrogen) atoms. The smallest absolute Gasteiger partial charge is 0.356 e. The molecule has 1 saturated carbocycles. The van der Waals surface area contributed by atoms with Crippen molar-refractivity contribution in [1.82, 2.24) is 20.9 Å². The van der Waals surface area contributed by atoms with Gasteiger partial charge in [-0.3, -0.25) is 19.2 Å². The Labute approximate surface area is 238 Å². The second-order valence-electron chi connectivity index (χ2n) is 12.3. The molecule has 2 aliphatic heterocycles. The van der Waals surface area contributed by atoms with Crippen LogP contribution in [-0.2, 0) is 29.0 Å². The molecule has 2 saturated heterocycles. The van der Waals surface area contributed by atoms with Crippen LogP contribution in [0.3, 0.4) is 0 Å². The summed E-state index contributed by atoms with van der Waals surface area (Å²) in [7, 11) is -4.36. The summed E-state index contributed by atoms with van der Waals surface area (Å²) in [6, 6.07) is -4.87. The molecule has 0 aromatic heterocycles. The molecule has 3 aliphatic rings. The summed E-state index contributed by atoms with van der Waals surface area (Å²) in [5.74, 6) is -11.0. The second kappa shape index (κ2) is 11.7. The highest BCUT2D eigenvalue weighted by atomic mass is 32.2. The van der Waals surface area contributed by atoms with E-state index >= 15 is 0 Å². The topological polar surface area (TPSA) is 142 Å². The van der Waals surface area contributed by atoms with Crippen molar-refractivity contribution in [3.05, 3.63) is 11.2 Å². The second-order valence-corrected chi connectivity index (χ2v) is 14.2. The fourth-order valence-electron chi connectivity index (χ4n) is 5.78. The van der Waals surface area contributed by atoms with Gasteiger partial charge in [-0.1, -0.05) is 20.8 Å². The zero-order chi connectivity index (χ0) is 32.0. The first-order valence-corrected chi connectivity index (χ1v) is 15.1. The molecule has 17 heteroatoms. The lowest BCUT2D eigenvalue weighted by Gasteiger charge is -2.37. The van der Waals surface area contributed by atoms with Crippen LogP contribution in [0.4, 0.5) is 26.3 Å². The van der Waals surface area contributed by atoms with E-state index in [2.05, 4.69) is 10.6 Å². The molecular weight excluding hydrogens is 598 g/mol. The van der Waals surface area contributed by atoms with Gasteiger partial charge in [-0.2, -0.15) is 17.6 Å². The molecule has 6 atom stereocenters. The van der Waals surface area contributed by atoms with Gasteiger partial charge < -0.3 is 20.9 Å². The van der Waals surface area contributed by atoms with Gasteiger partial charge in [0, 0.05) is 38.1 Å². The van der Waals surface area contributed by atoms with Crippen LogP contribution >= 0.6 is 0 Å². The number of carbonyl (C=O) groups excluding carboxylic acids is 4. The molecule has 0 aromatic rings. The number of rotatable bonds is 8. The summed E-state index contributed by atoms with van der Waals surface area (Å²) < 4.78 is 106. The Bertz CT molecular complexity index is 1250. The van der Waals surface area contributed by atoms with E-state index in [0.717, 1.165) is 4.90 Å². The summed E-state index contributed by atoms with van der Waals surface area (Å²) in [4.78, 5) is 52.0. The first-order chi connectivity index (χ1) is 19.0. The lowest BCUT2D eigenvalue weighted by Crippen LogP contribution is -2.60. The Morgan fingerprint density at radius 1 is 1.14 bits per heavy atom. The lowest BCUT2D eigenvalue weighted by molar-refractivity contribution is -0.176. The number of hydrogen-bond donors (Lipinski definition) is 3. The first kappa shape index (κ1) is 33.6. The largest absolute Gasteiger partial charge is 0.471 e. The summed E-state index contributed by atoms with van der Waals surface area (Å²) in [6.07, 6.45) is -5.67. The maximum Gasteiger partial charge on any atom is 0.471 e. The molecule has 4 amide bonds. The van der Waals surface area contributed by atoms with Gasteiger partial charge in [-0.15, -0.1) is 0 Å².